The Bertz CT molecular complexity index is 406. The van der Waals surface area contributed by atoms with Crippen LogP contribution in [0.1, 0.15) is 34.1 Å². The molecule has 0 saturated heterocycles. The zero-order valence-electron chi connectivity index (χ0n) is 12.1. The van der Waals surface area contributed by atoms with Crippen LogP contribution in [0, 0.1) is 0 Å². The Hall–Kier alpha value is -0.440. The van der Waals surface area contributed by atoms with Crippen LogP contribution in [0.5, 0.6) is 0 Å². The van der Waals surface area contributed by atoms with Crippen molar-refractivity contribution in [1.82, 2.24) is 5.32 Å². The molecule has 1 rings (SSSR count). The molecule has 5 nitrogen and oxygen atoms in total. The van der Waals surface area contributed by atoms with Gasteiger partial charge in [0.25, 0.3) is 0 Å². The largest absolute Gasteiger partial charge is 0.461 e. The predicted molar refractivity (Wildman–Crippen MR) is 87.9 cm³/mol. The van der Waals surface area contributed by atoms with Gasteiger partial charge in [-0.3, -0.25) is 0 Å². The molecule has 7 heteroatoms. The molecule has 0 aromatic carbocycles. The number of carbonyl (C=O) groups excluding carboxylic acids is 2. The monoisotopic (exact) mass is 413 g/mol. The molecule has 114 valence electrons. The average Bonchev–Trinajstić information content (AvgIpc) is 2.33. The van der Waals surface area contributed by atoms with Crippen LogP contribution in [0.15, 0.2) is 8.99 Å². The molecule has 1 heterocycles. The quantitative estimate of drug-likeness (QED) is 0.528. The molecular formula is C13H20INO4S. The van der Waals surface area contributed by atoms with Crippen molar-refractivity contribution in [2.24, 2.45) is 0 Å². The number of amides is 1. The zero-order valence-corrected chi connectivity index (χ0v) is 15.0. The van der Waals surface area contributed by atoms with E-state index in [9.17, 15) is 9.59 Å². The van der Waals surface area contributed by atoms with Crippen molar-refractivity contribution in [2.75, 3.05) is 5.75 Å². The Morgan fingerprint density at radius 1 is 1.55 bits per heavy atom. The summed E-state index contributed by atoms with van der Waals surface area (Å²) in [4.78, 5) is 23.8. The van der Waals surface area contributed by atoms with Gasteiger partial charge in [0.2, 0.25) is 0 Å². The van der Waals surface area contributed by atoms with Crippen LogP contribution >= 0.6 is 34.4 Å². The van der Waals surface area contributed by atoms with E-state index in [1.54, 1.807) is 20.8 Å². The summed E-state index contributed by atoms with van der Waals surface area (Å²) in [7, 11) is 0. The Kier molecular flexibility index (Phi) is 6.63. The van der Waals surface area contributed by atoms with E-state index in [4.69, 9.17) is 9.47 Å². The first-order valence-corrected chi connectivity index (χ1v) is 8.42. The van der Waals surface area contributed by atoms with Gasteiger partial charge in [-0.05, 0) is 50.3 Å². The molecular weight excluding hydrogens is 393 g/mol. The molecule has 2 atom stereocenters. The van der Waals surface area contributed by atoms with E-state index in [0.717, 1.165) is 2.91 Å². The van der Waals surface area contributed by atoms with Gasteiger partial charge in [-0.15, -0.1) is 11.8 Å². The Morgan fingerprint density at radius 3 is 2.80 bits per heavy atom. The van der Waals surface area contributed by atoms with E-state index in [2.05, 4.69) is 27.9 Å². The van der Waals surface area contributed by atoms with Gasteiger partial charge >= 0.3 is 12.1 Å². The lowest BCUT2D eigenvalue weighted by molar-refractivity contribution is -0.149. The average molecular weight is 413 g/mol. The van der Waals surface area contributed by atoms with Gasteiger partial charge in [0.05, 0.1) is 0 Å². The lowest BCUT2D eigenvalue weighted by Crippen LogP contribution is -2.46. The van der Waals surface area contributed by atoms with Crippen LogP contribution in [0.3, 0.4) is 0 Å². The zero-order chi connectivity index (χ0) is 15.3. The lowest BCUT2D eigenvalue weighted by Gasteiger charge is -2.23. The molecule has 0 aromatic heterocycles. The third-order valence-corrected chi connectivity index (χ3v) is 4.61. The minimum atomic E-state index is -0.700. The van der Waals surface area contributed by atoms with Crippen molar-refractivity contribution in [2.45, 2.75) is 51.9 Å². The highest BCUT2D eigenvalue weighted by molar-refractivity contribution is 14.1. The van der Waals surface area contributed by atoms with Crippen LogP contribution in [0.2, 0.25) is 0 Å². The van der Waals surface area contributed by atoms with Crippen LogP contribution in [-0.2, 0) is 14.3 Å². The molecule has 0 fully saturated rings. The van der Waals surface area contributed by atoms with Gasteiger partial charge in [0.15, 0.2) is 0 Å². The highest BCUT2D eigenvalue weighted by Gasteiger charge is 2.27. The van der Waals surface area contributed by atoms with Crippen LogP contribution < -0.4 is 5.32 Å². The Balaban J connectivity index is 2.68. The number of ether oxygens (including phenoxy) is 2. The van der Waals surface area contributed by atoms with Crippen molar-refractivity contribution in [3.8, 4) is 0 Å². The Morgan fingerprint density at radius 2 is 2.20 bits per heavy atom. The summed E-state index contributed by atoms with van der Waals surface area (Å²) in [6, 6.07) is -0.700. The van der Waals surface area contributed by atoms with Crippen LogP contribution in [0.4, 0.5) is 4.79 Å². The van der Waals surface area contributed by atoms with Gasteiger partial charge in [-0.1, -0.05) is 6.08 Å². The number of halogens is 1. The van der Waals surface area contributed by atoms with Gasteiger partial charge in [0.1, 0.15) is 17.7 Å². The summed E-state index contributed by atoms with van der Waals surface area (Å²) < 4.78 is 11.5. The first-order valence-electron chi connectivity index (χ1n) is 6.36. The van der Waals surface area contributed by atoms with Gasteiger partial charge in [-0.25, -0.2) is 9.59 Å². The molecule has 0 aromatic rings. The third kappa shape index (κ3) is 6.83. The first kappa shape index (κ1) is 17.6. The number of thioether (sulfide) groups is 1. The van der Waals surface area contributed by atoms with Crippen LogP contribution in [0.25, 0.3) is 0 Å². The van der Waals surface area contributed by atoms with Crippen molar-refractivity contribution in [3.05, 3.63) is 8.99 Å². The molecule has 0 saturated carbocycles. The molecule has 0 spiro atoms. The van der Waals surface area contributed by atoms with Crippen molar-refractivity contribution in [1.29, 1.82) is 0 Å². The minimum Gasteiger partial charge on any atom is -0.461 e. The second-order valence-electron chi connectivity index (χ2n) is 5.50. The fraction of sp³-hybridized carbons (Fsp3) is 0.692. The lowest BCUT2D eigenvalue weighted by atomic mass is 10.2. The standard InChI is InChI=1S/C13H20INO4S/c1-8-5-6-10(14)20-7-9(11(16)18-8)15-12(17)19-13(2,3)4/h6,8-9H,5,7H2,1-4H3,(H,15,17)/b10-6-/t8-,9+/m1/s1. The van der Waals surface area contributed by atoms with Gasteiger partial charge < -0.3 is 14.8 Å². The van der Waals surface area contributed by atoms with E-state index in [-0.39, 0.29) is 6.10 Å². The van der Waals surface area contributed by atoms with E-state index in [1.165, 1.54) is 11.8 Å². The number of cyclic esters (lactones) is 1. The summed E-state index contributed by atoms with van der Waals surface area (Å²) in [5, 5.41) is 2.57. The topological polar surface area (TPSA) is 64.6 Å². The number of esters is 1. The van der Waals surface area contributed by atoms with E-state index >= 15 is 0 Å². The first-order chi connectivity index (χ1) is 9.17. The van der Waals surface area contributed by atoms with E-state index in [0.29, 0.717) is 12.2 Å². The summed E-state index contributed by atoms with van der Waals surface area (Å²) in [6.45, 7) is 7.16. The number of hydrogen-bond acceptors (Lipinski definition) is 5. The molecule has 0 bridgehead atoms. The molecule has 1 aliphatic heterocycles. The minimum absolute atomic E-state index is 0.200. The molecule has 0 unspecified atom stereocenters. The third-order valence-electron chi connectivity index (χ3n) is 2.29. The smallest absolute Gasteiger partial charge is 0.408 e. The SMILES string of the molecule is C[C@@H]1C/C=C(/I)SC[C@H](NC(=O)OC(C)(C)C)C(=O)O1. The van der Waals surface area contributed by atoms with Gasteiger partial charge in [0, 0.05) is 15.1 Å². The maximum absolute atomic E-state index is 12.0. The summed E-state index contributed by atoms with van der Waals surface area (Å²) >= 11 is 3.73. The number of nitrogens with one attached hydrogen (secondary N) is 1. The van der Waals surface area contributed by atoms with E-state index in [1.807, 2.05) is 13.0 Å². The number of carbonyl (C=O) groups is 2. The normalized spacial score (nSPS) is 27.2. The fourth-order valence-electron chi connectivity index (χ4n) is 1.43. The maximum Gasteiger partial charge on any atom is 0.408 e. The summed E-state index contributed by atoms with van der Waals surface area (Å²) in [5.74, 6) is 0.00916. The molecule has 20 heavy (non-hydrogen) atoms. The highest BCUT2D eigenvalue weighted by atomic mass is 127. The summed E-state index contributed by atoms with van der Waals surface area (Å²) in [6.07, 6.45) is 1.90. The number of rotatable bonds is 1. The van der Waals surface area contributed by atoms with E-state index < -0.39 is 23.7 Å². The Labute approximate surface area is 137 Å². The maximum atomic E-state index is 12.0. The predicted octanol–water partition coefficient (Wildman–Crippen LogP) is 3.22. The highest BCUT2D eigenvalue weighted by Crippen LogP contribution is 2.26. The molecule has 0 aliphatic carbocycles. The second-order valence-corrected chi connectivity index (χ2v) is 8.46. The number of alkyl carbamates (subject to hydrolysis) is 1. The molecule has 1 amide bonds. The van der Waals surface area contributed by atoms with Crippen molar-refractivity contribution in [3.63, 3.8) is 0 Å². The van der Waals surface area contributed by atoms with Crippen molar-refractivity contribution < 1.29 is 19.1 Å². The fourth-order valence-corrected chi connectivity index (χ4v) is 2.98. The summed E-state index contributed by atoms with van der Waals surface area (Å²) in [5.41, 5.74) is -0.596. The molecule has 1 aliphatic rings. The number of hydrogen-bond donors (Lipinski definition) is 1. The molecule has 0 radical (unpaired) electrons. The van der Waals surface area contributed by atoms with Crippen LogP contribution in [-0.4, -0.2) is 35.6 Å². The van der Waals surface area contributed by atoms with Gasteiger partial charge in [-0.2, -0.15) is 0 Å². The molecule has 1 N–H and O–H groups in total. The van der Waals surface area contributed by atoms with Crippen molar-refractivity contribution >= 4 is 46.4 Å². The second kappa shape index (κ2) is 7.53.